The molecule has 22 heavy (non-hydrogen) atoms. The first kappa shape index (κ1) is 12.8. The van der Waals surface area contributed by atoms with Gasteiger partial charge in [-0.2, -0.15) is 5.10 Å². The summed E-state index contributed by atoms with van der Waals surface area (Å²) in [5.41, 5.74) is 3.10. The molecule has 6 nitrogen and oxygen atoms in total. The molecule has 1 atom stereocenters. The molecule has 2 aromatic heterocycles. The third-order valence-corrected chi connectivity index (χ3v) is 4.05. The number of carboxylic acids is 1. The molecule has 1 aromatic carbocycles. The minimum absolute atomic E-state index is 0.107. The smallest absolute Gasteiger partial charge is 0.341 e. The monoisotopic (exact) mass is 294 g/mol. The summed E-state index contributed by atoms with van der Waals surface area (Å²) in [7, 11) is 0. The molecule has 6 heteroatoms. The van der Waals surface area contributed by atoms with E-state index < -0.39 is 5.97 Å². The summed E-state index contributed by atoms with van der Waals surface area (Å²) < 4.78 is 1.47. The van der Waals surface area contributed by atoms with Gasteiger partial charge in [-0.1, -0.05) is 24.3 Å². The van der Waals surface area contributed by atoms with E-state index in [0.29, 0.717) is 11.5 Å². The zero-order valence-electron chi connectivity index (χ0n) is 11.7. The van der Waals surface area contributed by atoms with Crippen LogP contribution in [0.5, 0.6) is 0 Å². The van der Waals surface area contributed by atoms with Crippen molar-refractivity contribution >= 4 is 17.4 Å². The molecular weight excluding hydrogens is 280 g/mol. The number of rotatable bonds is 3. The van der Waals surface area contributed by atoms with Crippen LogP contribution in [0.3, 0.4) is 0 Å². The Morgan fingerprint density at radius 3 is 3.05 bits per heavy atom. The number of anilines is 1. The minimum atomic E-state index is -1.02. The third-order valence-electron chi connectivity index (χ3n) is 4.05. The van der Waals surface area contributed by atoms with E-state index in [1.54, 1.807) is 6.20 Å². The SMILES string of the molecule is O=C(O)c1cnn2ccc(NC3CCc4ccccc43)nc12. The lowest BCUT2D eigenvalue weighted by atomic mass is 10.1. The largest absolute Gasteiger partial charge is 0.477 e. The fraction of sp³-hybridized carbons (Fsp3) is 0.188. The van der Waals surface area contributed by atoms with Gasteiger partial charge in [-0.25, -0.2) is 14.3 Å². The summed E-state index contributed by atoms with van der Waals surface area (Å²) in [5.74, 6) is -0.358. The molecule has 0 spiro atoms. The number of carboxylic acid groups (broad SMARTS) is 1. The van der Waals surface area contributed by atoms with Crippen molar-refractivity contribution in [3.05, 3.63) is 59.4 Å². The van der Waals surface area contributed by atoms with Gasteiger partial charge in [0, 0.05) is 6.20 Å². The molecule has 2 heterocycles. The number of hydrogen-bond donors (Lipinski definition) is 2. The second-order valence-corrected chi connectivity index (χ2v) is 5.38. The maximum absolute atomic E-state index is 11.2. The van der Waals surface area contributed by atoms with E-state index in [9.17, 15) is 4.79 Å². The number of hydrogen-bond acceptors (Lipinski definition) is 4. The Morgan fingerprint density at radius 1 is 1.32 bits per heavy atom. The zero-order valence-corrected chi connectivity index (χ0v) is 11.7. The van der Waals surface area contributed by atoms with E-state index in [-0.39, 0.29) is 11.6 Å². The van der Waals surface area contributed by atoms with Crippen molar-refractivity contribution in [2.75, 3.05) is 5.32 Å². The van der Waals surface area contributed by atoms with Crippen LogP contribution in [0.15, 0.2) is 42.7 Å². The Hall–Kier alpha value is -2.89. The molecule has 1 aliphatic rings. The van der Waals surface area contributed by atoms with Crippen molar-refractivity contribution in [3.8, 4) is 0 Å². The molecule has 0 bridgehead atoms. The van der Waals surface area contributed by atoms with Crippen LogP contribution < -0.4 is 5.32 Å². The summed E-state index contributed by atoms with van der Waals surface area (Å²) in [6.07, 6.45) is 5.09. The van der Waals surface area contributed by atoms with E-state index >= 15 is 0 Å². The molecule has 0 aliphatic heterocycles. The molecule has 3 aromatic rings. The Kier molecular flexibility index (Phi) is 2.82. The molecular formula is C16H14N4O2. The maximum Gasteiger partial charge on any atom is 0.341 e. The molecule has 0 fully saturated rings. The Morgan fingerprint density at radius 2 is 2.18 bits per heavy atom. The van der Waals surface area contributed by atoms with Crippen molar-refractivity contribution < 1.29 is 9.90 Å². The second-order valence-electron chi connectivity index (χ2n) is 5.38. The minimum Gasteiger partial charge on any atom is -0.477 e. The van der Waals surface area contributed by atoms with Crippen LogP contribution in [0, 0.1) is 0 Å². The maximum atomic E-state index is 11.2. The summed E-state index contributed by atoms with van der Waals surface area (Å²) in [6, 6.07) is 10.4. The first-order valence-corrected chi connectivity index (χ1v) is 7.14. The third kappa shape index (κ3) is 2.00. The van der Waals surface area contributed by atoms with E-state index in [2.05, 4.69) is 33.6 Å². The quantitative estimate of drug-likeness (QED) is 0.776. The second kappa shape index (κ2) is 4.84. The van der Waals surface area contributed by atoms with Crippen LogP contribution in [0.1, 0.15) is 33.9 Å². The van der Waals surface area contributed by atoms with Gasteiger partial charge in [-0.05, 0) is 30.0 Å². The van der Waals surface area contributed by atoms with E-state index in [1.165, 1.54) is 21.8 Å². The van der Waals surface area contributed by atoms with Crippen molar-refractivity contribution in [2.45, 2.75) is 18.9 Å². The van der Waals surface area contributed by atoms with Crippen molar-refractivity contribution in [3.63, 3.8) is 0 Å². The average molecular weight is 294 g/mol. The van der Waals surface area contributed by atoms with Gasteiger partial charge in [0.15, 0.2) is 5.65 Å². The van der Waals surface area contributed by atoms with Crippen LogP contribution in [0.2, 0.25) is 0 Å². The number of fused-ring (bicyclic) bond motifs is 2. The van der Waals surface area contributed by atoms with Gasteiger partial charge in [-0.15, -0.1) is 0 Å². The number of aryl methyl sites for hydroxylation is 1. The average Bonchev–Trinajstić information content (AvgIpc) is 3.11. The zero-order chi connectivity index (χ0) is 15.1. The molecule has 110 valence electrons. The van der Waals surface area contributed by atoms with Gasteiger partial charge < -0.3 is 10.4 Å². The van der Waals surface area contributed by atoms with Crippen LogP contribution in [0.25, 0.3) is 5.65 Å². The van der Waals surface area contributed by atoms with Crippen molar-refractivity contribution in [1.82, 2.24) is 14.6 Å². The topological polar surface area (TPSA) is 79.5 Å². The standard InChI is InChI=1S/C16H14N4O2/c21-16(22)12-9-17-20-8-7-14(19-15(12)20)18-13-6-5-10-3-1-2-4-11(10)13/h1-4,7-9,13H,5-6H2,(H,18,19)(H,21,22). The highest BCUT2D eigenvalue weighted by molar-refractivity contribution is 5.94. The van der Waals surface area contributed by atoms with Crippen molar-refractivity contribution in [1.29, 1.82) is 0 Å². The summed E-state index contributed by atoms with van der Waals surface area (Å²) in [4.78, 5) is 15.6. The molecule has 1 unspecified atom stereocenters. The molecule has 4 rings (SSSR count). The summed E-state index contributed by atoms with van der Waals surface area (Å²) >= 11 is 0. The first-order chi connectivity index (χ1) is 10.7. The Labute approximate surface area is 126 Å². The fourth-order valence-corrected chi connectivity index (χ4v) is 2.99. The number of carbonyl (C=O) groups is 1. The van der Waals surface area contributed by atoms with Gasteiger partial charge in [0.25, 0.3) is 0 Å². The molecule has 1 aliphatic carbocycles. The first-order valence-electron chi connectivity index (χ1n) is 7.14. The van der Waals surface area contributed by atoms with Crippen molar-refractivity contribution in [2.24, 2.45) is 0 Å². The highest BCUT2D eigenvalue weighted by atomic mass is 16.4. The molecule has 0 saturated carbocycles. The summed E-state index contributed by atoms with van der Waals surface area (Å²) in [5, 5.41) is 16.6. The molecule has 0 saturated heterocycles. The van der Waals surface area contributed by atoms with E-state index in [0.717, 1.165) is 12.8 Å². The van der Waals surface area contributed by atoms with Crippen LogP contribution >= 0.6 is 0 Å². The fourth-order valence-electron chi connectivity index (χ4n) is 2.99. The van der Waals surface area contributed by atoms with Gasteiger partial charge in [0.05, 0.1) is 12.2 Å². The normalized spacial score (nSPS) is 16.6. The number of nitrogens with zero attached hydrogens (tertiary/aromatic N) is 3. The molecule has 0 amide bonds. The number of aromatic carboxylic acids is 1. The van der Waals surface area contributed by atoms with E-state index in [1.807, 2.05) is 12.1 Å². The predicted octanol–water partition coefficient (Wildman–Crippen LogP) is 2.53. The lowest BCUT2D eigenvalue weighted by molar-refractivity contribution is 0.0699. The number of benzene rings is 1. The van der Waals surface area contributed by atoms with Crippen LogP contribution in [0.4, 0.5) is 5.82 Å². The van der Waals surface area contributed by atoms with Gasteiger partial charge >= 0.3 is 5.97 Å². The van der Waals surface area contributed by atoms with Crippen LogP contribution in [-0.2, 0) is 6.42 Å². The van der Waals surface area contributed by atoms with Gasteiger partial charge in [0.1, 0.15) is 11.4 Å². The Bertz CT molecular complexity index is 871. The number of nitrogens with one attached hydrogen (secondary N) is 1. The predicted molar refractivity (Wildman–Crippen MR) is 81.1 cm³/mol. The summed E-state index contributed by atoms with van der Waals surface area (Å²) in [6.45, 7) is 0. The van der Waals surface area contributed by atoms with Gasteiger partial charge in [-0.3, -0.25) is 0 Å². The van der Waals surface area contributed by atoms with Gasteiger partial charge in [0.2, 0.25) is 0 Å². The molecule has 2 N–H and O–H groups in total. The number of aromatic nitrogens is 3. The van der Waals surface area contributed by atoms with Crippen LogP contribution in [-0.4, -0.2) is 25.7 Å². The lowest BCUT2D eigenvalue weighted by Gasteiger charge is -2.14. The lowest BCUT2D eigenvalue weighted by Crippen LogP contribution is -2.09. The van der Waals surface area contributed by atoms with E-state index in [4.69, 9.17) is 5.11 Å². The Balaban J connectivity index is 1.68. The molecule has 0 radical (unpaired) electrons. The highest BCUT2D eigenvalue weighted by Gasteiger charge is 2.22. The highest BCUT2D eigenvalue weighted by Crippen LogP contribution is 2.33.